The smallest absolute Gasteiger partial charge is 0.285 e. The summed E-state index contributed by atoms with van der Waals surface area (Å²) in [6, 6.07) is 10.1. The molecule has 0 bridgehead atoms. The molecule has 0 spiro atoms. The van der Waals surface area contributed by atoms with Gasteiger partial charge < -0.3 is 0 Å². The molecule has 0 saturated carbocycles. The number of benzene rings is 1. The molecule has 6 heteroatoms. The van der Waals surface area contributed by atoms with Crippen LogP contribution in [-0.4, -0.2) is 13.3 Å². The van der Waals surface area contributed by atoms with Gasteiger partial charge in [-0.25, -0.2) is 0 Å². The van der Waals surface area contributed by atoms with E-state index in [1.54, 1.807) is 6.08 Å². The molecule has 0 aliphatic rings. The van der Waals surface area contributed by atoms with Crippen molar-refractivity contribution in [3.63, 3.8) is 0 Å². The molecule has 15 heavy (non-hydrogen) atoms. The van der Waals surface area contributed by atoms with E-state index in [1.165, 1.54) is 5.56 Å². The van der Waals surface area contributed by atoms with Crippen LogP contribution in [0.5, 0.6) is 0 Å². The van der Waals surface area contributed by atoms with E-state index in [2.05, 4.69) is 17.8 Å². The fourth-order valence-electron chi connectivity index (χ4n) is 0.700. The predicted octanol–water partition coefficient (Wildman–Crippen LogP) is -0.892. The van der Waals surface area contributed by atoms with Crippen LogP contribution in [0.2, 0.25) is 0 Å². The maximum absolute atomic E-state index is 9.11. The van der Waals surface area contributed by atoms with Gasteiger partial charge in [0.2, 0.25) is 0 Å². The maximum Gasteiger partial charge on any atom is 1.00 e. The van der Waals surface area contributed by atoms with E-state index >= 15 is 0 Å². The molecule has 0 unspecified atom stereocenters. The Bertz CT molecular complexity index is 354. The van der Waals surface area contributed by atoms with Gasteiger partial charge in [0.05, 0.1) is 0 Å². The fourth-order valence-corrected chi connectivity index (χ4v) is 0.700. The van der Waals surface area contributed by atoms with Crippen LogP contribution < -0.4 is 29.6 Å². The predicted molar refractivity (Wildman–Crippen MR) is 60.8 cm³/mol. The summed E-state index contributed by atoms with van der Waals surface area (Å²) in [5.74, 6) is 0. The molecule has 78 valence electrons. The van der Waals surface area contributed by atoms with Gasteiger partial charge in [0.25, 0.3) is 9.05 Å². The topological polar surface area (TPSA) is 57.5 Å². The first-order valence-electron chi connectivity index (χ1n) is 3.64. The van der Waals surface area contributed by atoms with Crippen molar-refractivity contribution >= 4 is 20.2 Å². The Morgan fingerprint density at radius 2 is 1.73 bits per heavy atom. The first-order valence-corrected chi connectivity index (χ1v) is 6.04. The van der Waals surface area contributed by atoms with E-state index in [0.29, 0.717) is 0 Å². The number of hydrogen-bond donors (Lipinski definition) is 2. The molecular weight excluding hydrogens is 243 g/mol. The van der Waals surface area contributed by atoms with Crippen molar-refractivity contribution in [2.24, 2.45) is 0 Å². The molecule has 0 saturated heterocycles. The quantitative estimate of drug-likeness (QED) is 0.531. The fraction of sp³-hybridized carbons (Fsp3) is 0. The van der Waals surface area contributed by atoms with Gasteiger partial charge in [-0.1, -0.05) is 6.07 Å². The summed E-state index contributed by atoms with van der Waals surface area (Å²) < 4.78 is 24.0. The van der Waals surface area contributed by atoms with Crippen molar-refractivity contribution in [1.82, 2.24) is 0 Å². The molecule has 3 nitrogen and oxygen atoms in total. The average molecular weight is 254 g/mol. The summed E-state index contributed by atoms with van der Waals surface area (Å²) in [6.45, 7) is 3.60. The van der Waals surface area contributed by atoms with E-state index in [4.69, 9.17) is 13.3 Å². The van der Waals surface area contributed by atoms with Crippen LogP contribution in [0.3, 0.4) is 0 Å². The first kappa shape index (κ1) is 17.5. The van der Waals surface area contributed by atoms with Gasteiger partial charge in [0.15, 0.2) is 0 Å². The molecule has 1 aromatic rings. The van der Waals surface area contributed by atoms with Crippen molar-refractivity contribution in [2.45, 2.75) is 0 Å². The second-order valence-electron chi connectivity index (χ2n) is 2.26. The van der Waals surface area contributed by atoms with E-state index in [0.717, 1.165) is 0 Å². The van der Waals surface area contributed by atoms with E-state index in [9.17, 15) is 0 Å². The van der Waals surface area contributed by atoms with Crippen LogP contribution in [0.15, 0.2) is 43.0 Å². The average Bonchev–Trinajstić information content (AvgIpc) is 2.03. The monoisotopic (exact) mass is 254 g/mol. The zero-order valence-corrected chi connectivity index (χ0v) is 12.0. The minimum Gasteiger partial charge on any atom is -0.285 e. The van der Waals surface area contributed by atoms with Crippen LogP contribution in [0.1, 0.15) is 5.56 Å². The Morgan fingerprint density at radius 1 is 1.33 bits per heavy atom. The van der Waals surface area contributed by atoms with Gasteiger partial charge in [-0.3, -0.25) is 9.11 Å². The SMILES string of the molecule is C=C[CH-]c1ccccc1.O=S(O)(O)=S.[Na+]. The Balaban J connectivity index is 0. The van der Waals surface area contributed by atoms with Crippen molar-refractivity contribution in [2.75, 3.05) is 0 Å². The zero-order valence-electron chi connectivity index (χ0n) is 8.37. The summed E-state index contributed by atoms with van der Waals surface area (Å²) in [6.07, 6.45) is 3.76. The van der Waals surface area contributed by atoms with Crippen LogP contribution in [0.4, 0.5) is 0 Å². The van der Waals surface area contributed by atoms with Crippen LogP contribution in [0.25, 0.3) is 0 Å². The Kier molecular flexibility index (Phi) is 10.9. The van der Waals surface area contributed by atoms with E-state index in [-0.39, 0.29) is 29.6 Å². The van der Waals surface area contributed by atoms with Gasteiger partial charge in [0, 0.05) is 11.2 Å². The molecule has 0 fully saturated rings. The van der Waals surface area contributed by atoms with Crippen LogP contribution in [-0.2, 0) is 20.2 Å². The third-order valence-electron chi connectivity index (χ3n) is 1.11. The Labute approximate surface area is 117 Å². The van der Waals surface area contributed by atoms with E-state index < -0.39 is 9.05 Å². The third kappa shape index (κ3) is 16.8. The van der Waals surface area contributed by atoms with Crippen LogP contribution in [0, 0.1) is 6.42 Å². The second-order valence-corrected chi connectivity index (χ2v) is 4.46. The third-order valence-corrected chi connectivity index (χ3v) is 1.11. The summed E-state index contributed by atoms with van der Waals surface area (Å²) in [5.41, 5.74) is 1.20. The molecular formula is C9H11NaO3S2. The maximum atomic E-state index is 9.11. The minimum atomic E-state index is -3.83. The first-order chi connectivity index (χ1) is 6.43. The molecule has 0 amide bonds. The second kappa shape index (κ2) is 9.35. The van der Waals surface area contributed by atoms with Crippen molar-refractivity contribution in [3.8, 4) is 0 Å². The van der Waals surface area contributed by atoms with Gasteiger partial charge in [0.1, 0.15) is 0 Å². The van der Waals surface area contributed by atoms with Crippen molar-refractivity contribution in [1.29, 1.82) is 0 Å². The largest absolute Gasteiger partial charge is 1.00 e. The molecule has 2 N–H and O–H groups in total. The molecule has 0 aliphatic carbocycles. The summed E-state index contributed by atoms with van der Waals surface area (Å²) in [4.78, 5) is 0. The van der Waals surface area contributed by atoms with Crippen molar-refractivity contribution < 1.29 is 42.9 Å². The van der Waals surface area contributed by atoms with E-state index in [1.807, 2.05) is 36.8 Å². The molecule has 1 aromatic carbocycles. The number of allylic oxidation sites excluding steroid dienone is 1. The van der Waals surface area contributed by atoms with Crippen molar-refractivity contribution in [3.05, 3.63) is 55.0 Å². The Morgan fingerprint density at radius 3 is 2.07 bits per heavy atom. The minimum absolute atomic E-state index is 0. The molecule has 0 atom stereocenters. The normalized spacial score (nSPS) is 8.93. The van der Waals surface area contributed by atoms with Gasteiger partial charge >= 0.3 is 29.6 Å². The summed E-state index contributed by atoms with van der Waals surface area (Å²) in [7, 11) is -3.83. The molecule has 0 radical (unpaired) electrons. The summed E-state index contributed by atoms with van der Waals surface area (Å²) in [5, 5.41) is 0. The number of rotatable bonds is 2. The molecule has 0 aromatic heterocycles. The van der Waals surface area contributed by atoms with Crippen LogP contribution >= 0.6 is 0 Å². The molecule has 0 heterocycles. The zero-order chi connectivity index (χ0) is 11.0. The molecule has 1 rings (SSSR count). The molecule has 0 aliphatic heterocycles. The van der Waals surface area contributed by atoms with Gasteiger partial charge in [-0.15, -0.1) is 36.2 Å². The Hall–Kier alpha value is 0.120. The standard InChI is InChI=1S/C9H9.Na.H2O3S2/c1-2-6-9-7-4-3-5-8-9;;1-5(2,3)4/h2-8H,1H2;;(H2,1,2,3,4)/q-1;+1;. The van der Waals surface area contributed by atoms with Gasteiger partial charge in [-0.05, 0) is 0 Å². The number of hydrogen-bond acceptors (Lipinski definition) is 2. The summed E-state index contributed by atoms with van der Waals surface area (Å²) >= 11 is 3.47. The van der Waals surface area contributed by atoms with Gasteiger partial charge in [-0.2, -0.15) is 16.9 Å².